The lowest BCUT2D eigenvalue weighted by molar-refractivity contribution is 0.318. The van der Waals surface area contributed by atoms with Crippen LogP contribution in [0.1, 0.15) is 18.2 Å². The van der Waals surface area contributed by atoms with Crippen LogP contribution in [0.15, 0.2) is 47.8 Å². The number of rotatable bonds is 4. The predicted molar refractivity (Wildman–Crippen MR) is 80.6 cm³/mol. The molecule has 3 N–H and O–H groups in total. The van der Waals surface area contributed by atoms with Crippen LogP contribution in [0.4, 0.5) is 11.4 Å². The van der Waals surface area contributed by atoms with Crippen molar-refractivity contribution in [3.8, 4) is 0 Å². The number of nitrogens with zero attached hydrogens (tertiary/aromatic N) is 3. The molecule has 1 aromatic carbocycles. The Hall–Kier alpha value is -2.56. The molecule has 1 aromatic heterocycles. The van der Waals surface area contributed by atoms with Crippen molar-refractivity contribution < 1.29 is 5.21 Å². The van der Waals surface area contributed by atoms with Crippen LogP contribution in [0.2, 0.25) is 0 Å². The van der Waals surface area contributed by atoms with Gasteiger partial charge >= 0.3 is 0 Å². The third kappa shape index (κ3) is 2.71. The summed E-state index contributed by atoms with van der Waals surface area (Å²) >= 11 is 0. The molecule has 0 bridgehead atoms. The molecule has 0 saturated heterocycles. The minimum absolute atomic E-state index is 0.00971. The first-order valence-corrected chi connectivity index (χ1v) is 6.44. The van der Waals surface area contributed by atoms with Crippen molar-refractivity contribution in [3.05, 3.63) is 53.9 Å². The van der Waals surface area contributed by atoms with Gasteiger partial charge in [-0.1, -0.05) is 23.4 Å². The lowest BCUT2D eigenvalue weighted by Crippen LogP contribution is -2.19. The molecule has 104 valence electrons. The monoisotopic (exact) mass is 270 g/mol. The van der Waals surface area contributed by atoms with Crippen molar-refractivity contribution in [2.75, 3.05) is 11.4 Å². The highest BCUT2D eigenvalue weighted by Gasteiger charge is 2.10. The quantitative estimate of drug-likeness (QED) is 0.387. The minimum Gasteiger partial charge on any atom is -0.409 e. The topological polar surface area (TPSA) is 74.7 Å². The van der Waals surface area contributed by atoms with Gasteiger partial charge in [0.25, 0.3) is 0 Å². The highest BCUT2D eigenvalue weighted by molar-refractivity contribution is 5.95. The zero-order valence-corrected chi connectivity index (χ0v) is 11.6. The Kier molecular flexibility index (Phi) is 4.20. The van der Waals surface area contributed by atoms with Gasteiger partial charge < -0.3 is 15.8 Å². The molecule has 20 heavy (non-hydrogen) atoms. The third-order valence-corrected chi connectivity index (χ3v) is 3.15. The van der Waals surface area contributed by atoms with Gasteiger partial charge in [0.2, 0.25) is 0 Å². The summed E-state index contributed by atoms with van der Waals surface area (Å²) in [4.78, 5) is 6.38. The number of amidine groups is 1. The summed E-state index contributed by atoms with van der Waals surface area (Å²) in [7, 11) is 0. The van der Waals surface area contributed by atoms with E-state index in [4.69, 9.17) is 10.9 Å². The van der Waals surface area contributed by atoms with Gasteiger partial charge in [-0.05, 0) is 37.6 Å². The molecule has 0 aliphatic carbocycles. The number of hydrogen-bond donors (Lipinski definition) is 2. The molecule has 0 amide bonds. The van der Waals surface area contributed by atoms with E-state index in [0.29, 0.717) is 5.69 Å². The van der Waals surface area contributed by atoms with Gasteiger partial charge in [0.05, 0.1) is 11.9 Å². The van der Waals surface area contributed by atoms with Crippen molar-refractivity contribution in [3.63, 3.8) is 0 Å². The molecule has 1 heterocycles. The first-order valence-electron chi connectivity index (χ1n) is 6.44. The fourth-order valence-corrected chi connectivity index (χ4v) is 2.11. The van der Waals surface area contributed by atoms with Crippen LogP contribution in [0.3, 0.4) is 0 Å². The van der Waals surface area contributed by atoms with Crippen molar-refractivity contribution in [1.29, 1.82) is 0 Å². The van der Waals surface area contributed by atoms with Gasteiger partial charge in [0.1, 0.15) is 5.69 Å². The van der Waals surface area contributed by atoms with Crippen LogP contribution in [-0.4, -0.2) is 22.6 Å². The van der Waals surface area contributed by atoms with E-state index in [1.807, 2.05) is 18.2 Å². The Morgan fingerprint density at radius 3 is 2.60 bits per heavy atom. The van der Waals surface area contributed by atoms with Crippen LogP contribution in [0, 0.1) is 6.92 Å². The van der Waals surface area contributed by atoms with E-state index in [0.717, 1.165) is 17.9 Å². The molecule has 5 nitrogen and oxygen atoms in total. The molecule has 2 rings (SSSR count). The summed E-state index contributed by atoms with van der Waals surface area (Å²) < 4.78 is 0. The Bertz CT molecular complexity index is 608. The number of aryl methyl sites for hydroxylation is 1. The SMILES string of the molecule is CCN(c1ccc(/C(N)=N/O)nc1)c1ccccc1C. The Morgan fingerprint density at radius 2 is 2.05 bits per heavy atom. The van der Waals surface area contributed by atoms with E-state index in [1.54, 1.807) is 12.3 Å². The number of aromatic nitrogens is 1. The summed E-state index contributed by atoms with van der Waals surface area (Å²) in [6, 6.07) is 11.9. The van der Waals surface area contributed by atoms with Crippen LogP contribution >= 0.6 is 0 Å². The first kappa shape index (κ1) is 13.9. The second kappa shape index (κ2) is 6.06. The Labute approximate surface area is 118 Å². The molecule has 0 saturated carbocycles. The fraction of sp³-hybridized carbons (Fsp3) is 0.200. The lowest BCUT2D eigenvalue weighted by atomic mass is 10.1. The number of nitrogens with two attached hydrogens (primary N) is 1. The molecule has 5 heteroatoms. The fourth-order valence-electron chi connectivity index (χ4n) is 2.11. The predicted octanol–water partition coefficient (Wildman–Crippen LogP) is 2.64. The molecule has 0 atom stereocenters. The lowest BCUT2D eigenvalue weighted by Gasteiger charge is -2.24. The van der Waals surface area contributed by atoms with Crippen LogP contribution < -0.4 is 10.6 Å². The zero-order chi connectivity index (χ0) is 14.5. The molecule has 0 radical (unpaired) electrons. The summed E-state index contributed by atoms with van der Waals surface area (Å²) in [6.07, 6.45) is 1.73. The van der Waals surface area contributed by atoms with Crippen molar-refractivity contribution in [1.82, 2.24) is 4.98 Å². The van der Waals surface area contributed by atoms with Gasteiger partial charge in [0, 0.05) is 12.2 Å². The molecule has 0 aliphatic heterocycles. The molecule has 0 spiro atoms. The van der Waals surface area contributed by atoms with E-state index >= 15 is 0 Å². The van der Waals surface area contributed by atoms with Crippen LogP contribution in [0.5, 0.6) is 0 Å². The second-order valence-corrected chi connectivity index (χ2v) is 4.42. The largest absolute Gasteiger partial charge is 0.409 e. The maximum absolute atomic E-state index is 8.64. The smallest absolute Gasteiger partial charge is 0.188 e. The summed E-state index contributed by atoms with van der Waals surface area (Å²) in [5.74, 6) is 0.00971. The standard InChI is InChI=1S/C15H18N4O/c1-3-19(14-7-5-4-6-11(14)2)12-8-9-13(17-10-12)15(16)18-20/h4-10,20H,3H2,1-2H3,(H2,16,18). The highest BCUT2D eigenvalue weighted by Crippen LogP contribution is 2.27. The highest BCUT2D eigenvalue weighted by atomic mass is 16.4. The van der Waals surface area contributed by atoms with Crippen molar-refractivity contribution in [2.24, 2.45) is 10.9 Å². The normalized spacial score (nSPS) is 11.4. The molecular weight excluding hydrogens is 252 g/mol. The van der Waals surface area contributed by atoms with E-state index in [-0.39, 0.29) is 5.84 Å². The maximum Gasteiger partial charge on any atom is 0.188 e. The van der Waals surface area contributed by atoms with Gasteiger partial charge in [-0.15, -0.1) is 0 Å². The van der Waals surface area contributed by atoms with E-state index in [2.05, 4.69) is 41.0 Å². The number of benzene rings is 1. The Balaban J connectivity index is 2.36. The van der Waals surface area contributed by atoms with Gasteiger partial charge in [0.15, 0.2) is 5.84 Å². The zero-order valence-electron chi connectivity index (χ0n) is 11.6. The van der Waals surface area contributed by atoms with Crippen LogP contribution in [0.25, 0.3) is 0 Å². The third-order valence-electron chi connectivity index (χ3n) is 3.15. The average Bonchev–Trinajstić information content (AvgIpc) is 2.50. The molecule has 2 aromatic rings. The van der Waals surface area contributed by atoms with Crippen molar-refractivity contribution in [2.45, 2.75) is 13.8 Å². The molecule has 0 unspecified atom stereocenters. The van der Waals surface area contributed by atoms with Crippen LogP contribution in [-0.2, 0) is 0 Å². The number of oxime groups is 1. The van der Waals surface area contributed by atoms with Crippen molar-refractivity contribution >= 4 is 17.2 Å². The van der Waals surface area contributed by atoms with E-state index in [9.17, 15) is 0 Å². The number of hydrogen-bond acceptors (Lipinski definition) is 4. The Morgan fingerprint density at radius 1 is 1.30 bits per heavy atom. The average molecular weight is 270 g/mol. The molecular formula is C15H18N4O. The second-order valence-electron chi connectivity index (χ2n) is 4.42. The van der Waals surface area contributed by atoms with Gasteiger partial charge in [-0.25, -0.2) is 0 Å². The van der Waals surface area contributed by atoms with E-state index < -0.39 is 0 Å². The number of anilines is 2. The summed E-state index contributed by atoms with van der Waals surface area (Å²) in [5, 5.41) is 11.6. The summed E-state index contributed by atoms with van der Waals surface area (Å²) in [5.41, 5.74) is 9.29. The first-order chi connectivity index (χ1) is 9.67. The minimum atomic E-state index is 0.00971. The van der Waals surface area contributed by atoms with E-state index in [1.165, 1.54) is 5.56 Å². The summed E-state index contributed by atoms with van der Waals surface area (Å²) in [6.45, 7) is 5.00. The molecule has 0 aliphatic rings. The number of para-hydroxylation sites is 1. The number of pyridine rings is 1. The molecule has 0 fully saturated rings. The maximum atomic E-state index is 8.64. The van der Waals surface area contributed by atoms with Gasteiger partial charge in [-0.3, -0.25) is 4.98 Å². The van der Waals surface area contributed by atoms with Gasteiger partial charge in [-0.2, -0.15) is 0 Å².